The van der Waals surface area contributed by atoms with Gasteiger partial charge in [-0.25, -0.2) is 4.98 Å². The highest BCUT2D eigenvalue weighted by Gasteiger charge is 2.25. The maximum absolute atomic E-state index is 12.5. The first-order valence-electron chi connectivity index (χ1n) is 7.87. The van der Waals surface area contributed by atoms with Crippen LogP contribution in [0.25, 0.3) is 0 Å². The van der Waals surface area contributed by atoms with Gasteiger partial charge in [0.15, 0.2) is 0 Å². The number of carbonyl (C=O) groups is 1. The van der Waals surface area contributed by atoms with Crippen LogP contribution in [0, 0.1) is 6.92 Å². The van der Waals surface area contributed by atoms with Crippen molar-refractivity contribution < 1.29 is 9.53 Å². The Labute approximate surface area is 140 Å². The van der Waals surface area contributed by atoms with Gasteiger partial charge in [0.25, 0.3) is 5.91 Å². The average Bonchev–Trinajstić information content (AvgIpc) is 3.01. The summed E-state index contributed by atoms with van der Waals surface area (Å²) in [6.45, 7) is 7.60. The third-order valence-corrected chi connectivity index (χ3v) is 4.93. The molecule has 1 aromatic heterocycles. The van der Waals surface area contributed by atoms with Crippen LogP contribution in [0.3, 0.4) is 0 Å². The van der Waals surface area contributed by atoms with Gasteiger partial charge in [-0.2, -0.15) is 0 Å². The minimum absolute atomic E-state index is 0.0998. The maximum Gasteiger partial charge on any atom is 0.265 e. The summed E-state index contributed by atoms with van der Waals surface area (Å²) in [5, 5.41) is 0. The van der Waals surface area contributed by atoms with Crippen LogP contribution in [0.1, 0.15) is 22.3 Å². The second kappa shape index (κ2) is 7.00. The number of para-hydroxylation sites is 2. The summed E-state index contributed by atoms with van der Waals surface area (Å²) in [6, 6.07) is 8.09. The van der Waals surface area contributed by atoms with Gasteiger partial charge in [0.2, 0.25) is 0 Å². The zero-order valence-corrected chi connectivity index (χ0v) is 14.3. The van der Waals surface area contributed by atoms with E-state index < -0.39 is 0 Å². The smallest absolute Gasteiger partial charge is 0.265 e. The molecule has 0 atom stereocenters. The van der Waals surface area contributed by atoms with Crippen LogP contribution >= 0.6 is 11.3 Å². The number of hydrogen-bond acceptors (Lipinski definition) is 5. The Morgan fingerprint density at radius 1 is 1.26 bits per heavy atom. The van der Waals surface area contributed by atoms with Crippen LogP contribution < -0.4 is 9.64 Å². The van der Waals surface area contributed by atoms with E-state index in [0.717, 1.165) is 48.2 Å². The van der Waals surface area contributed by atoms with Gasteiger partial charge >= 0.3 is 0 Å². The van der Waals surface area contributed by atoms with Gasteiger partial charge in [-0.15, -0.1) is 11.3 Å². The molecular weight excluding hydrogens is 310 g/mol. The number of benzene rings is 1. The molecule has 0 unspecified atom stereocenters. The van der Waals surface area contributed by atoms with Gasteiger partial charge in [0.05, 0.1) is 23.5 Å². The third kappa shape index (κ3) is 3.32. The van der Waals surface area contributed by atoms with Crippen molar-refractivity contribution in [1.29, 1.82) is 0 Å². The Kier molecular flexibility index (Phi) is 4.81. The highest BCUT2D eigenvalue weighted by molar-refractivity contribution is 7.11. The van der Waals surface area contributed by atoms with Crippen LogP contribution in [0.5, 0.6) is 5.75 Å². The van der Waals surface area contributed by atoms with Crippen LogP contribution in [0.4, 0.5) is 5.69 Å². The number of amides is 1. The molecule has 0 radical (unpaired) electrons. The normalized spacial score (nSPS) is 14.9. The number of thiazole rings is 1. The van der Waals surface area contributed by atoms with E-state index in [9.17, 15) is 4.79 Å². The second-order valence-corrected chi connectivity index (χ2v) is 6.30. The van der Waals surface area contributed by atoms with E-state index >= 15 is 0 Å². The minimum atomic E-state index is 0.0998. The standard InChI is InChI=1S/C17H21N3O2S/c1-3-22-15-7-5-4-6-14(15)19-8-10-20(11-9-19)17(21)16-13(2)18-12-23-16/h4-7,12H,3,8-11H2,1-2H3. The maximum atomic E-state index is 12.5. The number of carbonyl (C=O) groups excluding carboxylic acids is 1. The predicted octanol–water partition coefficient (Wildman–Crippen LogP) is 2.81. The molecule has 0 aliphatic carbocycles. The summed E-state index contributed by atoms with van der Waals surface area (Å²) in [5.74, 6) is 1.01. The quantitative estimate of drug-likeness (QED) is 0.864. The molecule has 3 rings (SSSR count). The monoisotopic (exact) mass is 331 g/mol. The molecule has 5 nitrogen and oxygen atoms in total. The first kappa shape index (κ1) is 15.8. The SMILES string of the molecule is CCOc1ccccc1N1CCN(C(=O)c2scnc2C)CC1. The number of nitrogens with zero attached hydrogens (tertiary/aromatic N) is 3. The number of piperazine rings is 1. The molecule has 122 valence electrons. The average molecular weight is 331 g/mol. The van der Waals surface area contributed by atoms with Gasteiger partial charge in [0.1, 0.15) is 10.6 Å². The molecule has 2 aromatic rings. The molecular formula is C17H21N3O2S. The van der Waals surface area contributed by atoms with Crippen molar-refractivity contribution in [2.45, 2.75) is 13.8 Å². The summed E-state index contributed by atoms with van der Waals surface area (Å²) >= 11 is 1.42. The second-order valence-electron chi connectivity index (χ2n) is 5.45. The van der Waals surface area contributed by atoms with E-state index in [1.807, 2.05) is 36.9 Å². The Morgan fingerprint density at radius 2 is 2.00 bits per heavy atom. The summed E-state index contributed by atoms with van der Waals surface area (Å²) in [4.78, 5) is 21.7. The molecule has 2 heterocycles. The highest BCUT2D eigenvalue weighted by atomic mass is 32.1. The van der Waals surface area contributed by atoms with Gasteiger partial charge in [0, 0.05) is 26.2 Å². The Hall–Kier alpha value is -2.08. The Bertz CT molecular complexity index is 678. The van der Waals surface area contributed by atoms with E-state index in [4.69, 9.17) is 4.74 Å². The van der Waals surface area contributed by atoms with Crippen LogP contribution in [-0.2, 0) is 0 Å². The molecule has 23 heavy (non-hydrogen) atoms. The number of aromatic nitrogens is 1. The zero-order chi connectivity index (χ0) is 16.2. The number of aryl methyl sites for hydroxylation is 1. The van der Waals surface area contributed by atoms with Crippen molar-refractivity contribution >= 4 is 22.9 Å². The van der Waals surface area contributed by atoms with Gasteiger partial charge in [-0.05, 0) is 26.0 Å². The van der Waals surface area contributed by atoms with E-state index in [0.29, 0.717) is 6.61 Å². The topological polar surface area (TPSA) is 45.7 Å². The first-order chi connectivity index (χ1) is 11.2. The van der Waals surface area contributed by atoms with Crippen molar-refractivity contribution in [3.63, 3.8) is 0 Å². The van der Waals surface area contributed by atoms with Crippen LogP contribution in [0.15, 0.2) is 29.8 Å². The van der Waals surface area contributed by atoms with Gasteiger partial charge in [-0.3, -0.25) is 4.79 Å². The molecule has 0 spiro atoms. The third-order valence-electron chi connectivity index (χ3n) is 4.01. The summed E-state index contributed by atoms with van der Waals surface area (Å²) in [7, 11) is 0. The lowest BCUT2D eigenvalue weighted by atomic mass is 10.2. The molecule has 1 aromatic carbocycles. The lowest BCUT2D eigenvalue weighted by Crippen LogP contribution is -2.48. The fourth-order valence-corrected chi connectivity index (χ4v) is 3.57. The minimum Gasteiger partial charge on any atom is -0.492 e. The zero-order valence-electron chi connectivity index (χ0n) is 13.5. The fourth-order valence-electron chi connectivity index (χ4n) is 2.80. The summed E-state index contributed by atoms with van der Waals surface area (Å²) < 4.78 is 5.71. The molecule has 0 saturated carbocycles. The largest absolute Gasteiger partial charge is 0.492 e. The van der Waals surface area contributed by atoms with E-state index in [2.05, 4.69) is 16.0 Å². The Balaban J connectivity index is 1.67. The lowest BCUT2D eigenvalue weighted by molar-refractivity contribution is 0.0750. The molecule has 1 aliphatic rings. The number of ether oxygens (including phenoxy) is 1. The summed E-state index contributed by atoms with van der Waals surface area (Å²) in [6.07, 6.45) is 0. The highest BCUT2D eigenvalue weighted by Crippen LogP contribution is 2.29. The van der Waals surface area contributed by atoms with Gasteiger partial charge < -0.3 is 14.5 Å². The number of rotatable bonds is 4. The van der Waals surface area contributed by atoms with Crippen molar-refractivity contribution in [3.8, 4) is 5.75 Å². The molecule has 1 saturated heterocycles. The fraction of sp³-hybridized carbons (Fsp3) is 0.412. The number of anilines is 1. The molecule has 0 bridgehead atoms. The Morgan fingerprint density at radius 3 is 2.65 bits per heavy atom. The van der Waals surface area contributed by atoms with Crippen molar-refractivity contribution in [1.82, 2.24) is 9.88 Å². The molecule has 0 N–H and O–H groups in total. The predicted molar refractivity (Wildman–Crippen MR) is 92.6 cm³/mol. The lowest BCUT2D eigenvalue weighted by Gasteiger charge is -2.36. The summed E-state index contributed by atoms with van der Waals surface area (Å²) in [5.41, 5.74) is 3.66. The van der Waals surface area contributed by atoms with E-state index in [1.165, 1.54) is 11.3 Å². The first-order valence-corrected chi connectivity index (χ1v) is 8.74. The van der Waals surface area contributed by atoms with E-state index in [-0.39, 0.29) is 5.91 Å². The van der Waals surface area contributed by atoms with Crippen LogP contribution in [0.2, 0.25) is 0 Å². The molecule has 1 fully saturated rings. The molecule has 1 aliphatic heterocycles. The van der Waals surface area contributed by atoms with Gasteiger partial charge in [-0.1, -0.05) is 12.1 Å². The van der Waals surface area contributed by atoms with Crippen molar-refractivity contribution in [2.75, 3.05) is 37.7 Å². The van der Waals surface area contributed by atoms with Crippen molar-refractivity contribution in [2.24, 2.45) is 0 Å². The number of hydrogen-bond donors (Lipinski definition) is 0. The van der Waals surface area contributed by atoms with Crippen molar-refractivity contribution in [3.05, 3.63) is 40.3 Å². The molecule has 1 amide bonds. The van der Waals surface area contributed by atoms with Crippen LogP contribution in [-0.4, -0.2) is 48.6 Å². The molecule has 6 heteroatoms. The van der Waals surface area contributed by atoms with E-state index in [1.54, 1.807) is 5.51 Å².